The first-order valence-electron chi connectivity index (χ1n) is 5.12. The number of rotatable bonds is 1. The average molecular weight is 200 g/mol. The Labute approximate surface area is 85.1 Å². The normalized spacial score (nSPS) is 28.6. The molecule has 1 aliphatic rings. The molecule has 1 heterocycles. The fourth-order valence-electron chi connectivity index (χ4n) is 1.55. The molecule has 0 bridgehead atoms. The SMILES string of the molecule is CC(C)(C)NC(=O)C1CC(O)CCN1. The summed E-state index contributed by atoms with van der Waals surface area (Å²) in [6.45, 7) is 6.56. The summed E-state index contributed by atoms with van der Waals surface area (Å²) >= 11 is 0. The molecule has 1 saturated heterocycles. The van der Waals surface area contributed by atoms with Gasteiger partial charge in [0.05, 0.1) is 12.1 Å². The third-order valence-electron chi connectivity index (χ3n) is 2.19. The molecule has 0 saturated carbocycles. The van der Waals surface area contributed by atoms with Gasteiger partial charge in [-0.15, -0.1) is 0 Å². The van der Waals surface area contributed by atoms with Crippen LogP contribution in [0.4, 0.5) is 0 Å². The zero-order valence-electron chi connectivity index (χ0n) is 9.13. The molecule has 4 nitrogen and oxygen atoms in total. The summed E-state index contributed by atoms with van der Waals surface area (Å²) in [5, 5.41) is 15.4. The lowest BCUT2D eigenvalue weighted by Gasteiger charge is -2.29. The smallest absolute Gasteiger partial charge is 0.237 e. The Kier molecular flexibility index (Phi) is 3.50. The lowest BCUT2D eigenvalue weighted by atomic mass is 10.00. The highest BCUT2D eigenvalue weighted by atomic mass is 16.3. The topological polar surface area (TPSA) is 61.4 Å². The maximum atomic E-state index is 11.7. The maximum Gasteiger partial charge on any atom is 0.237 e. The van der Waals surface area contributed by atoms with Crippen molar-refractivity contribution in [3.63, 3.8) is 0 Å². The fourth-order valence-corrected chi connectivity index (χ4v) is 1.55. The van der Waals surface area contributed by atoms with Gasteiger partial charge >= 0.3 is 0 Å². The van der Waals surface area contributed by atoms with E-state index in [-0.39, 0.29) is 23.6 Å². The Hall–Kier alpha value is -0.610. The molecule has 1 rings (SSSR count). The molecule has 4 heteroatoms. The highest BCUT2D eigenvalue weighted by molar-refractivity contribution is 5.82. The summed E-state index contributed by atoms with van der Waals surface area (Å²) in [6.07, 6.45) is 0.910. The second-order valence-electron chi connectivity index (χ2n) is 4.92. The van der Waals surface area contributed by atoms with Gasteiger partial charge in [-0.05, 0) is 40.2 Å². The zero-order chi connectivity index (χ0) is 10.8. The Balaban J connectivity index is 2.44. The molecule has 2 atom stereocenters. The lowest BCUT2D eigenvalue weighted by Crippen LogP contribution is -2.54. The molecule has 1 amide bonds. The Morgan fingerprint density at radius 2 is 2.14 bits per heavy atom. The van der Waals surface area contributed by atoms with Gasteiger partial charge < -0.3 is 15.7 Å². The second-order valence-corrected chi connectivity index (χ2v) is 4.92. The van der Waals surface area contributed by atoms with Crippen LogP contribution in [0.15, 0.2) is 0 Å². The minimum atomic E-state index is -0.341. The van der Waals surface area contributed by atoms with Gasteiger partial charge in [-0.25, -0.2) is 0 Å². The van der Waals surface area contributed by atoms with Crippen LogP contribution in [-0.2, 0) is 4.79 Å². The predicted molar refractivity (Wildman–Crippen MR) is 54.9 cm³/mol. The van der Waals surface area contributed by atoms with Crippen molar-refractivity contribution in [1.29, 1.82) is 0 Å². The third-order valence-corrected chi connectivity index (χ3v) is 2.19. The summed E-state index contributed by atoms with van der Waals surface area (Å²) < 4.78 is 0. The van der Waals surface area contributed by atoms with Gasteiger partial charge in [0.25, 0.3) is 0 Å². The molecule has 0 aromatic rings. The Morgan fingerprint density at radius 1 is 1.50 bits per heavy atom. The molecule has 0 aliphatic carbocycles. The second kappa shape index (κ2) is 4.28. The van der Waals surface area contributed by atoms with Crippen LogP contribution in [0.3, 0.4) is 0 Å². The van der Waals surface area contributed by atoms with E-state index in [0.29, 0.717) is 13.0 Å². The number of amides is 1. The molecule has 0 radical (unpaired) electrons. The van der Waals surface area contributed by atoms with Crippen LogP contribution >= 0.6 is 0 Å². The van der Waals surface area contributed by atoms with E-state index in [4.69, 9.17) is 0 Å². The number of carbonyl (C=O) groups excluding carboxylic acids is 1. The number of hydrogen-bond acceptors (Lipinski definition) is 3. The van der Waals surface area contributed by atoms with Crippen LogP contribution in [0, 0.1) is 0 Å². The summed E-state index contributed by atoms with van der Waals surface area (Å²) in [5.41, 5.74) is -0.207. The van der Waals surface area contributed by atoms with Gasteiger partial charge in [0.1, 0.15) is 0 Å². The van der Waals surface area contributed by atoms with Gasteiger partial charge in [-0.1, -0.05) is 0 Å². The number of carbonyl (C=O) groups is 1. The number of nitrogens with one attached hydrogen (secondary N) is 2. The zero-order valence-corrected chi connectivity index (χ0v) is 9.13. The highest BCUT2D eigenvalue weighted by Crippen LogP contribution is 2.09. The van der Waals surface area contributed by atoms with Crippen molar-refractivity contribution in [2.45, 2.75) is 51.3 Å². The van der Waals surface area contributed by atoms with Crippen LogP contribution in [0.5, 0.6) is 0 Å². The monoisotopic (exact) mass is 200 g/mol. The van der Waals surface area contributed by atoms with Crippen molar-refractivity contribution in [3.8, 4) is 0 Å². The van der Waals surface area contributed by atoms with Crippen LogP contribution < -0.4 is 10.6 Å². The van der Waals surface area contributed by atoms with Crippen LogP contribution in [0.25, 0.3) is 0 Å². The van der Waals surface area contributed by atoms with Crippen molar-refractivity contribution in [1.82, 2.24) is 10.6 Å². The van der Waals surface area contributed by atoms with Crippen molar-refractivity contribution in [2.24, 2.45) is 0 Å². The van der Waals surface area contributed by atoms with Crippen LogP contribution in [-0.4, -0.2) is 35.2 Å². The molecule has 1 fully saturated rings. The third kappa shape index (κ3) is 3.64. The van der Waals surface area contributed by atoms with E-state index in [2.05, 4.69) is 10.6 Å². The molecule has 0 spiro atoms. The number of aliphatic hydroxyl groups is 1. The van der Waals surface area contributed by atoms with Gasteiger partial charge in [0.2, 0.25) is 5.91 Å². The van der Waals surface area contributed by atoms with E-state index >= 15 is 0 Å². The summed E-state index contributed by atoms with van der Waals surface area (Å²) in [6, 6.07) is -0.238. The van der Waals surface area contributed by atoms with Crippen molar-refractivity contribution >= 4 is 5.91 Å². The quantitative estimate of drug-likeness (QED) is 0.559. The standard InChI is InChI=1S/C10H20N2O2/c1-10(2,3)12-9(14)8-6-7(13)4-5-11-8/h7-8,11,13H,4-6H2,1-3H3,(H,12,14). The largest absolute Gasteiger partial charge is 0.393 e. The van der Waals surface area contributed by atoms with Crippen molar-refractivity contribution < 1.29 is 9.90 Å². The molecular weight excluding hydrogens is 180 g/mol. The highest BCUT2D eigenvalue weighted by Gasteiger charge is 2.27. The fraction of sp³-hybridized carbons (Fsp3) is 0.900. The summed E-state index contributed by atoms with van der Waals surface area (Å²) in [7, 11) is 0. The average Bonchev–Trinajstić information content (AvgIpc) is 2.01. The molecule has 1 aliphatic heterocycles. The molecular formula is C10H20N2O2. The van der Waals surface area contributed by atoms with E-state index in [0.717, 1.165) is 6.42 Å². The minimum Gasteiger partial charge on any atom is -0.393 e. The minimum absolute atomic E-state index is 0.0174. The van der Waals surface area contributed by atoms with Gasteiger partial charge in [-0.2, -0.15) is 0 Å². The molecule has 0 aromatic carbocycles. The number of piperidine rings is 1. The van der Waals surface area contributed by atoms with E-state index < -0.39 is 0 Å². The maximum absolute atomic E-state index is 11.7. The number of aliphatic hydroxyl groups excluding tert-OH is 1. The van der Waals surface area contributed by atoms with Gasteiger partial charge in [-0.3, -0.25) is 4.79 Å². The van der Waals surface area contributed by atoms with Crippen molar-refractivity contribution in [2.75, 3.05) is 6.54 Å². The Morgan fingerprint density at radius 3 is 2.64 bits per heavy atom. The van der Waals surface area contributed by atoms with Crippen LogP contribution in [0.1, 0.15) is 33.6 Å². The molecule has 2 unspecified atom stereocenters. The van der Waals surface area contributed by atoms with Gasteiger partial charge in [0, 0.05) is 5.54 Å². The molecule has 14 heavy (non-hydrogen) atoms. The summed E-state index contributed by atoms with van der Waals surface area (Å²) in [5.74, 6) is -0.0174. The lowest BCUT2D eigenvalue weighted by molar-refractivity contribution is -0.126. The predicted octanol–water partition coefficient (Wildman–Crippen LogP) is 0.0140. The Bertz CT molecular complexity index is 211. The van der Waals surface area contributed by atoms with E-state index in [9.17, 15) is 9.90 Å². The first-order chi connectivity index (χ1) is 6.38. The first kappa shape index (κ1) is 11.5. The van der Waals surface area contributed by atoms with Crippen molar-refractivity contribution in [3.05, 3.63) is 0 Å². The molecule has 82 valence electrons. The van der Waals surface area contributed by atoms with E-state index in [1.54, 1.807) is 0 Å². The van der Waals surface area contributed by atoms with E-state index in [1.807, 2.05) is 20.8 Å². The van der Waals surface area contributed by atoms with Crippen LogP contribution in [0.2, 0.25) is 0 Å². The molecule has 3 N–H and O–H groups in total. The van der Waals surface area contributed by atoms with E-state index in [1.165, 1.54) is 0 Å². The van der Waals surface area contributed by atoms with Gasteiger partial charge in [0.15, 0.2) is 0 Å². The summed E-state index contributed by atoms with van der Waals surface area (Å²) in [4.78, 5) is 11.7. The number of hydrogen-bond donors (Lipinski definition) is 3. The first-order valence-corrected chi connectivity index (χ1v) is 5.12. The molecule has 0 aromatic heterocycles.